The number of esters is 1. The van der Waals surface area contributed by atoms with Gasteiger partial charge in [0.1, 0.15) is 0 Å². The summed E-state index contributed by atoms with van der Waals surface area (Å²) in [4.78, 5) is 24.4. The van der Waals surface area contributed by atoms with Crippen LogP contribution >= 0.6 is 0 Å². The molecule has 1 N–H and O–H groups in total. The summed E-state index contributed by atoms with van der Waals surface area (Å²) < 4.78 is 53.4. The lowest BCUT2D eigenvalue weighted by atomic mass is 10.2. The molecule has 0 bridgehead atoms. The maximum absolute atomic E-state index is 12.6. The van der Waals surface area contributed by atoms with E-state index < -0.39 is 29.7 Å². The van der Waals surface area contributed by atoms with Crippen LogP contribution in [0, 0.1) is 0 Å². The van der Waals surface area contributed by atoms with Crippen molar-refractivity contribution < 1.29 is 37.0 Å². The first-order valence-corrected chi connectivity index (χ1v) is 8.65. The fourth-order valence-corrected chi connectivity index (χ4v) is 2.34. The van der Waals surface area contributed by atoms with Crippen molar-refractivity contribution in [2.24, 2.45) is 0 Å². The van der Waals surface area contributed by atoms with Gasteiger partial charge in [-0.1, -0.05) is 0 Å². The molecule has 0 saturated carbocycles. The summed E-state index contributed by atoms with van der Waals surface area (Å²) in [5.41, 5.74) is -0.535. The lowest BCUT2D eigenvalue weighted by Gasteiger charge is -2.15. The minimum absolute atomic E-state index is 0.147. The second-order valence-corrected chi connectivity index (χ2v) is 5.91. The minimum Gasteiger partial charge on any atom is -0.493 e. The molecule has 0 aliphatic carbocycles. The number of anilines is 1. The van der Waals surface area contributed by atoms with Gasteiger partial charge in [-0.15, -0.1) is 0 Å². The zero-order chi connectivity index (χ0) is 21.6. The van der Waals surface area contributed by atoms with E-state index in [0.29, 0.717) is 18.1 Å². The molecule has 0 aromatic heterocycles. The molecule has 0 spiro atoms. The van der Waals surface area contributed by atoms with E-state index in [-0.39, 0.29) is 11.3 Å². The molecule has 0 heterocycles. The summed E-state index contributed by atoms with van der Waals surface area (Å²) in [5, 5.41) is 2.40. The molecule has 0 fully saturated rings. The standard InChI is InChI=1S/C20H20F3NO5/c1-4-28-16-10-5-13(11-17(16)27-3)19(26)29-12(2)18(25)24-15-8-6-14(7-9-15)20(21,22)23/h5-12H,4H2,1-3H3,(H,24,25)/t12-/m1/s1. The van der Waals surface area contributed by atoms with E-state index in [1.54, 1.807) is 13.0 Å². The van der Waals surface area contributed by atoms with E-state index in [1.807, 2.05) is 0 Å². The highest BCUT2D eigenvalue weighted by Crippen LogP contribution is 2.30. The van der Waals surface area contributed by atoms with Gasteiger partial charge in [0.2, 0.25) is 0 Å². The molecular weight excluding hydrogens is 391 g/mol. The smallest absolute Gasteiger partial charge is 0.416 e. The third-order valence-electron chi connectivity index (χ3n) is 3.83. The van der Waals surface area contributed by atoms with E-state index in [9.17, 15) is 22.8 Å². The van der Waals surface area contributed by atoms with Crippen LogP contribution in [-0.4, -0.2) is 31.7 Å². The molecule has 6 nitrogen and oxygen atoms in total. The fraction of sp³-hybridized carbons (Fsp3) is 0.300. The van der Waals surface area contributed by atoms with Gasteiger partial charge in [0.05, 0.1) is 24.8 Å². The van der Waals surface area contributed by atoms with Crippen molar-refractivity contribution in [1.29, 1.82) is 0 Å². The topological polar surface area (TPSA) is 73.9 Å². The van der Waals surface area contributed by atoms with Gasteiger partial charge in [0.15, 0.2) is 17.6 Å². The van der Waals surface area contributed by atoms with Crippen LogP contribution in [0.1, 0.15) is 29.8 Å². The van der Waals surface area contributed by atoms with Crippen molar-refractivity contribution >= 4 is 17.6 Å². The first-order valence-electron chi connectivity index (χ1n) is 8.65. The molecule has 156 valence electrons. The Labute approximate surface area is 165 Å². The van der Waals surface area contributed by atoms with E-state index in [0.717, 1.165) is 24.3 Å². The molecule has 29 heavy (non-hydrogen) atoms. The van der Waals surface area contributed by atoms with Gasteiger partial charge in [-0.2, -0.15) is 13.2 Å². The zero-order valence-corrected chi connectivity index (χ0v) is 16.0. The Bertz CT molecular complexity index is 865. The van der Waals surface area contributed by atoms with E-state index in [4.69, 9.17) is 14.2 Å². The summed E-state index contributed by atoms with van der Waals surface area (Å²) in [7, 11) is 1.42. The predicted molar refractivity (Wildman–Crippen MR) is 99.1 cm³/mol. The third-order valence-corrected chi connectivity index (χ3v) is 3.83. The van der Waals surface area contributed by atoms with Gasteiger partial charge in [-0.3, -0.25) is 4.79 Å². The predicted octanol–water partition coefficient (Wildman–Crippen LogP) is 4.30. The second kappa shape index (κ2) is 9.31. The third kappa shape index (κ3) is 5.87. The Morgan fingerprint density at radius 1 is 1.07 bits per heavy atom. The Morgan fingerprint density at radius 2 is 1.72 bits per heavy atom. The Morgan fingerprint density at radius 3 is 2.28 bits per heavy atom. The summed E-state index contributed by atoms with van der Waals surface area (Å²) >= 11 is 0. The van der Waals surface area contributed by atoms with Crippen LogP contribution in [0.25, 0.3) is 0 Å². The van der Waals surface area contributed by atoms with Gasteiger partial charge < -0.3 is 19.5 Å². The van der Waals surface area contributed by atoms with Gasteiger partial charge in [0, 0.05) is 5.69 Å². The molecule has 2 aromatic carbocycles. The summed E-state index contributed by atoms with van der Waals surface area (Å²) in [6, 6.07) is 8.37. The Hall–Kier alpha value is -3.23. The number of alkyl halides is 3. The number of carbonyl (C=O) groups is 2. The number of halogens is 3. The van der Waals surface area contributed by atoms with Crippen molar-refractivity contribution in [1.82, 2.24) is 0 Å². The second-order valence-electron chi connectivity index (χ2n) is 5.91. The fourth-order valence-electron chi connectivity index (χ4n) is 2.34. The SMILES string of the molecule is CCOc1ccc(C(=O)O[C@H](C)C(=O)Nc2ccc(C(F)(F)F)cc2)cc1OC. The molecule has 0 aliphatic rings. The number of rotatable bonds is 7. The molecule has 2 aromatic rings. The first kappa shape index (κ1) is 22.1. The number of methoxy groups -OCH3 is 1. The van der Waals surface area contributed by atoms with Crippen molar-refractivity contribution in [3.05, 3.63) is 53.6 Å². The molecule has 0 saturated heterocycles. The molecule has 0 radical (unpaired) electrons. The van der Waals surface area contributed by atoms with Crippen LogP contribution in [0.5, 0.6) is 11.5 Å². The summed E-state index contributed by atoms with van der Waals surface area (Å²) in [6.45, 7) is 3.57. The number of ether oxygens (including phenoxy) is 3. The highest BCUT2D eigenvalue weighted by molar-refractivity contribution is 5.97. The van der Waals surface area contributed by atoms with Crippen LogP contribution in [0.4, 0.5) is 18.9 Å². The molecule has 2 rings (SSSR count). The van der Waals surface area contributed by atoms with E-state index >= 15 is 0 Å². The van der Waals surface area contributed by atoms with E-state index in [2.05, 4.69) is 5.32 Å². The number of nitrogens with one attached hydrogen (secondary N) is 1. The maximum Gasteiger partial charge on any atom is 0.416 e. The first-order chi connectivity index (χ1) is 13.7. The highest BCUT2D eigenvalue weighted by Gasteiger charge is 2.30. The van der Waals surface area contributed by atoms with Crippen molar-refractivity contribution in [2.75, 3.05) is 19.0 Å². The van der Waals surface area contributed by atoms with Gasteiger partial charge in [0.25, 0.3) is 5.91 Å². The normalized spacial score (nSPS) is 12.1. The van der Waals surface area contributed by atoms with Crippen molar-refractivity contribution in [2.45, 2.75) is 26.1 Å². The Balaban J connectivity index is 2.01. The van der Waals surface area contributed by atoms with Crippen molar-refractivity contribution in [3.8, 4) is 11.5 Å². The molecule has 1 amide bonds. The molecule has 0 aliphatic heterocycles. The largest absolute Gasteiger partial charge is 0.493 e. The molecule has 1 atom stereocenters. The van der Waals surface area contributed by atoms with Gasteiger partial charge in [-0.25, -0.2) is 4.79 Å². The average molecular weight is 411 g/mol. The van der Waals surface area contributed by atoms with Crippen LogP contribution in [0.15, 0.2) is 42.5 Å². The van der Waals surface area contributed by atoms with Crippen LogP contribution in [0.3, 0.4) is 0 Å². The molecule has 9 heteroatoms. The van der Waals surface area contributed by atoms with Crippen LogP contribution < -0.4 is 14.8 Å². The monoisotopic (exact) mass is 411 g/mol. The average Bonchev–Trinajstić information content (AvgIpc) is 2.68. The number of amides is 1. The maximum atomic E-state index is 12.6. The summed E-state index contributed by atoms with van der Waals surface area (Å²) in [5.74, 6) is -0.653. The quantitative estimate of drug-likeness (QED) is 0.688. The molecular formula is C20H20F3NO5. The zero-order valence-electron chi connectivity index (χ0n) is 16.0. The number of hydrogen-bond acceptors (Lipinski definition) is 5. The Kier molecular flexibility index (Phi) is 7.08. The van der Waals surface area contributed by atoms with Crippen molar-refractivity contribution in [3.63, 3.8) is 0 Å². The van der Waals surface area contributed by atoms with Crippen LogP contribution in [0.2, 0.25) is 0 Å². The lowest BCUT2D eigenvalue weighted by molar-refractivity contribution is -0.137. The van der Waals surface area contributed by atoms with Crippen LogP contribution in [-0.2, 0) is 15.7 Å². The highest BCUT2D eigenvalue weighted by atomic mass is 19.4. The van der Waals surface area contributed by atoms with E-state index in [1.165, 1.54) is 26.2 Å². The number of hydrogen-bond donors (Lipinski definition) is 1. The molecule has 0 unspecified atom stereocenters. The van der Waals surface area contributed by atoms with Gasteiger partial charge >= 0.3 is 12.1 Å². The lowest BCUT2D eigenvalue weighted by Crippen LogP contribution is -2.30. The number of carbonyl (C=O) groups excluding carboxylic acids is 2. The minimum atomic E-state index is -4.47. The summed E-state index contributed by atoms with van der Waals surface area (Å²) in [6.07, 6.45) is -5.65. The number of benzene rings is 2. The van der Waals surface area contributed by atoms with Gasteiger partial charge in [-0.05, 0) is 56.3 Å².